The largest absolute Gasteiger partial charge is 0.497 e. The van der Waals surface area contributed by atoms with E-state index in [4.69, 9.17) is 9.47 Å². The van der Waals surface area contributed by atoms with E-state index in [1.165, 1.54) is 4.90 Å². The molecule has 0 unspecified atom stereocenters. The van der Waals surface area contributed by atoms with Crippen LogP contribution in [0.3, 0.4) is 0 Å². The highest BCUT2D eigenvalue weighted by molar-refractivity contribution is 5.77. The minimum Gasteiger partial charge on any atom is -0.497 e. The van der Waals surface area contributed by atoms with Gasteiger partial charge in [-0.15, -0.1) is 0 Å². The van der Waals surface area contributed by atoms with E-state index in [0.717, 1.165) is 11.3 Å². The van der Waals surface area contributed by atoms with Gasteiger partial charge >= 0.3 is 0 Å². The Labute approximate surface area is 127 Å². The maximum absolute atomic E-state index is 11.6. The highest BCUT2D eigenvalue weighted by Gasteiger charge is 2.13. The van der Waals surface area contributed by atoms with Crippen molar-refractivity contribution in [2.45, 2.75) is 32.9 Å². The van der Waals surface area contributed by atoms with Crippen molar-refractivity contribution in [2.24, 2.45) is 0 Å². The van der Waals surface area contributed by atoms with Crippen LogP contribution < -0.4 is 14.8 Å². The molecule has 0 heterocycles. The van der Waals surface area contributed by atoms with Gasteiger partial charge in [-0.3, -0.25) is 4.79 Å². The summed E-state index contributed by atoms with van der Waals surface area (Å²) in [5.74, 6) is 1.40. The number of likely N-dealkylation sites (N-methyl/N-ethyl adjacent to an activating group) is 1. The summed E-state index contributed by atoms with van der Waals surface area (Å²) in [6.07, 6.45) is 0. The first-order valence-electron chi connectivity index (χ1n) is 6.98. The van der Waals surface area contributed by atoms with Gasteiger partial charge in [0.15, 0.2) is 6.61 Å². The topological polar surface area (TPSA) is 50.8 Å². The van der Waals surface area contributed by atoms with Gasteiger partial charge in [0.05, 0.1) is 7.11 Å². The molecule has 0 aliphatic carbocycles. The zero-order valence-electron chi connectivity index (χ0n) is 13.8. The minimum atomic E-state index is -0.0689. The lowest BCUT2D eigenvalue weighted by Gasteiger charge is -2.22. The third-order valence-electron chi connectivity index (χ3n) is 2.93. The molecule has 0 radical (unpaired) electrons. The van der Waals surface area contributed by atoms with Crippen molar-refractivity contribution in [1.82, 2.24) is 10.2 Å². The van der Waals surface area contributed by atoms with Crippen LogP contribution in [0, 0.1) is 0 Å². The second-order valence-electron chi connectivity index (χ2n) is 6.15. The molecule has 0 saturated carbocycles. The number of rotatable bonds is 6. The summed E-state index contributed by atoms with van der Waals surface area (Å²) in [7, 11) is 5.05. The van der Waals surface area contributed by atoms with Crippen LogP contribution in [0.5, 0.6) is 11.5 Å². The van der Waals surface area contributed by atoms with Crippen LogP contribution in [0.25, 0.3) is 0 Å². The van der Waals surface area contributed by atoms with E-state index in [1.54, 1.807) is 21.2 Å². The number of benzene rings is 1. The Balaban J connectivity index is 2.83. The summed E-state index contributed by atoms with van der Waals surface area (Å²) in [5, 5.41) is 3.41. The molecule has 0 bridgehead atoms. The number of nitrogens with one attached hydrogen (secondary N) is 1. The van der Waals surface area contributed by atoms with Crippen molar-refractivity contribution < 1.29 is 14.3 Å². The number of carbonyl (C=O) groups excluding carboxylic acids is 1. The normalized spacial score (nSPS) is 11.1. The molecule has 1 amide bonds. The molecule has 5 nitrogen and oxygen atoms in total. The van der Waals surface area contributed by atoms with E-state index in [9.17, 15) is 4.79 Å². The van der Waals surface area contributed by atoms with Gasteiger partial charge in [0.25, 0.3) is 5.91 Å². The Morgan fingerprint density at radius 2 is 1.95 bits per heavy atom. The Bertz CT molecular complexity index is 479. The summed E-state index contributed by atoms with van der Waals surface area (Å²) in [4.78, 5) is 13.1. The number of amides is 1. The van der Waals surface area contributed by atoms with Gasteiger partial charge < -0.3 is 19.7 Å². The van der Waals surface area contributed by atoms with E-state index >= 15 is 0 Å². The molecule has 1 aromatic carbocycles. The second kappa shape index (κ2) is 7.31. The molecule has 1 aromatic rings. The number of methoxy groups -OCH3 is 1. The van der Waals surface area contributed by atoms with Gasteiger partial charge in [-0.25, -0.2) is 0 Å². The third-order valence-corrected chi connectivity index (χ3v) is 2.93. The van der Waals surface area contributed by atoms with Crippen LogP contribution in [0.4, 0.5) is 0 Å². The van der Waals surface area contributed by atoms with Gasteiger partial charge in [-0.2, -0.15) is 0 Å². The van der Waals surface area contributed by atoms with Crippen LogP contribution >= 0.6 is 0 Å². The van der Waals surface area contributed by atoms with Crippen molar-refractivity contribution in [3.8, 4) is 11.5 Å². The third kappa shape index (κ3) is 6.04. The molecule has 0 saturated heterocycles. The van der Waals surface area contributed by atoms with Crippen LogP contribution in [0.2, 0.25) is 0 Å². The molecule has 21 heavy (non-hydrogen) atoms. The van der Waals surface area contributed by atoms with Crippen LogP contribution in [-0.4, -0.2) is 44.2 Å². The fourth-order valence-electron chi connectivity index (χ4n) is 1.59. The van der Waals surface area contributed by atoms with Crippen molar-refractivity contribution in [1.29, 1.82) is 0 Å². The molecule has 1 rings (SSSR count). The standard InChI is InChI=1S/C16H26N2O3/c1-16(2,3)17-10-12-9-13(20-6)7-8-14(12)21-11-15(19)18(4)5/h7-9,17H,10-11H2,1-6H3. The van der Waals surface area contributed by atoms with E-state index in [-0.39, 0.29) is 18.1 Å². The van der Waals surface area contributed by atoms with Crippen LogP contribution in [0.1, 0.15) is 26.3 Å². The predicted octanol–water partition coefficient (Wildman–Crippen LogP) is 2.05. The average Bonchev–Trinajstić information content (AvgIpc) is 2.41. The minimum absolute atomic E-state index is 0.000196. The summed E-state index contributed by atoms with van der Waals surface area (Å²) in [5.41, 5.74) is 0.968. The van der Waals surface area contributed by atoms with Crippen molar-refractivity contribution in [3.63, 3.8) is 0 Å². The zero-order chi connectivity index (χ0) is 16.0. The van der Waals surface area contributed by atoms with Gasteiger partial charge in [-0.1, -0.05) is 0 Å². The highest BCUT2D eigenvalue weighted by Crippen LogP contribution is 2.24. The molecule has 118 valence electrons. The molecule has 0 aliphatic heterocycles. The quantitative estimate of drug-likeness (QED) is 0.872. The lowest BCUT2D eigenvalue weighted by Crippen LogP contribution is -2.35. The summed E-state index contributed by atoms with van der Waals surface area (Å²) in [6, 6.07) is 5.59. The molecule has 1 N–H and O–H groups in total. The molecule has 0 aliphatic rings. The first kappa shape index (κ1) is 17.3. The lowest BCUT2D eigenvalue weighted by molar-refractivity contribution is -0.130. The average molecular weight is 294 g/mol. The monoisotopic (exact) mass is 294 g/mol. The predicted molar refractivity (Wildman–Crippen MR) is 83.8 cm³/mol. The number of ether oxygens (including phenoxy) is 2. The summed E-state index contributed by atoms with van der Waals surface area (Å²) >= 11 is 0. The van der Waals surface area contributed by atoms with E-state index in [2.05, 4.69) is 26.1 Å². The molecule has 0 aromatic heterocycles. The van der Waals surface area contributed by atoms with Gasteiger partial charge in [0.1, 0.15) is 11.5 Å². The number of nitrogens with zero attached hydrogens (tertiary/aromatic N) is 1. The van der Waals surface area contributed by atoms with Crippen molar-refractivity contribution in [3.05, 3.63) is 23.8 Å². The van der Waals surface area contributed by atoms with Crippen LogP contribution in [-0.2, 0) is 11.3 Å². The van der Waals surface area contributed by atoms with E-state index < -0.39 is 0 Å². The lowest BCUT2D eigenvalue weighted by atomic mass is 10.1. The molecule has 0 fully saturated rings. The number of hydrogen-bond acceptors (Lipinski definition) is 4. The molecule has 0 spiro atoms. The Kier molecular flexibility index (Phi) is 6.03. The molecular weight excluding hydrogens is 268 g/mol. The summed E-state index contributed by atoms with van der Waals surface area (Å²) in [6.45, 7) is 6.98. The Hall–Kier alpha value is -1.75. The highest BCUT2D eigenvalue weighted by atomic mass is 16.5. The van der Waals surface area contributed by atoms with E-state index in [0.29, 0.717) is 12.3 Å². The Morgan fingerprint density at radius 3 is 2.48 bits per heavy atom. The van der Waals surface area contributed by atoms with Gasteiger partial charge in [0.2, 0.25) is 0 Å². The summed E-state index contributed by atoms with van der Waals surface area (Å²) < 4.78 is 10.9. The first-order chi connectivity index (χ1) is 9.73. The molecule has 5 heteroatoms. The fourth-order valence-corrected chi connectivity index (χ4v) is 1.59. The fraction of sp³-hybridized carbons (Fsp3) is 0.562. The number of carbonyl (C=O) groups is 1. The number of hydrogen-bond donors (Lipinski definition) is 1. The maximum Gasteiger partial charge on any atom is 0.259 e. The van der Waals surface area contributed by atoms with E-state index in [1.807, 2.05) is 18.2 Å². The SMILES string of the molecule is COc1ccc(OCC(=O)N(C)C)c(CNC(C)(C)C)c1. The molecule has 0 atom stereocenters. The van der Waals surface area contributed by atoms with Gasteiger partial charge in [-0.05, 0) is 39.0 Å². The van der Waals surface area contributed by atoms with Crippen LogP contribution in [0.15, 0.2) is 18.2 Å². The zero-order valence-corrected chi connectivity index (χ0v) is 13.8. The first-order valence-corrected chi connectivity index (χ1v) is 6.98. The van der Waals surface area contributed by atoms with Crippen molar-refractivity contribution in [2.75, 3.05) is 27.8 Å². The Morgan fingerprint density at radius 1 is 1.29 bits per heavy atom. The van der Waals surface area contributed by atoms with Gasteiger partial charge in [0, 0.05) is 31.7 Å². The second-order valence-corrected chi connectivity index (χ2v) is 6.15. The smallest absolute Gasteiger partial charge is 0.259 e. The molecular formula is C16H26N2O3. The maximum atomic E-state index is 11.6. The van der Waals surface area contributed by atoms with Crippen molar-refractivity contribution >= 4 is 5.91 Å².